The number of nitrogens with one attached hydrogen (secondary N) is 2. The summed E-state index contributed by atoms with van der Waals surface area (Å²) in [4.78, 5) is 0. The summed E-state index contributed by atoms with van der Waals surface area (Å²) in [5.74, 6) is 0.581. The third kappa shape index (κ3) is 2.38. The second-order valence-corrected chi connectivity index (χ2v) is 5.93. The molecular formula is C17H23N3. The number of H-pyrrole nitrogens is 1. The molecule has 2 aromatic rings. The molecule has 20 heavy (non-hydrogen) atoms. The van der Waals surface area contributed by atoms with E-state index in [1.807, 2.05) is 0 Å². The molecule has 0 atom stereocenters. The van der Waals surface area contributed by atoms with E-state index in [1.54, 1.807) is 0 Å². The average Bonchev–Trinajstić information content (AvgIpc) is 2.85. The molecule has 3 nitrogen and oxygen atoms in total. The normalized spacial score (nSPS) is 16.6. The summed E-state index contributed by atoms with van der Waals surface area (Å²) in [6.07, 6.45) is 2.37. The second-order valence-electron chi connectivity index (χ2n) is 5.93. The van der Waals surface area contributed by atoms with Crippen LogP contribution in [-0.2, 0) is 0 Å². The number of aryl methyl sites for hydroxylation is 3. The van der Waals surface area contributed by atoms with Crippen LogP contribution in [-0.4, -0.2) is 23.3 Å². The van der Waals surface area contributed by atoms with Crippen molar-refractivity contribution in [2.45, 2.75) is 39.5 Å². The Morgan fingerprint density at radius 3 is 2.50 bits per heavy atom. The number of rotatable bonds is 2. The third-order valence-electron chi connectivity index (χ3n) is 4.50. The number of hydrogen-bond acceptors (Lipinski definition) is 2. The number of nitrogens with zero attached hydrogens (tertiary/aromatic N) is 1. The number of aromatic nitrogens is 2. The molecule has 2 N–H and O–H groups in total. The van der Waals surface area contributed by atoms with Crippen molar-refractivity contribution in [2.24, 2.45) is 0 Å². The molecule has 0 amide bonds. The summed E-state index contributed by atoms with van der Waals surface area (Å²) in [7, 11) is 0. The van der Waals surface area contributed by atoms with Gasteiger partial charge < -0.3 is 5.32 Å². The topological polar surface area (TPSA) is 40.7 Å². The van der Waals surface area contributed by atoms with Crippen LogP contribution in [0.15, 0.2) is 18.2 Å². The first-order valence-electron chi connectivity index (χ1n) is 7.50. The van der Waals surface area contributed by atoms with Crippen LogP contribution in [0, 0.1) is 20.8 Å². The zero-order chi connectivity index (χ0) is 14.1. The summed E-state index contributed by atoms with van der Waals surface area (Å²) >= 11 is 0. The highest BCUT2D eigenvalue weighted by atomic mass is 15.1. The zero-order valence-electron chi connectivity index (χ0n) is 12.6. The molecular weight excluding hydrogens is 246 g/mol. The van der Waals surface area contributed by atoms with Crippen LogP contribution in [0.5, 0.6) is 0 Å². The van der Waals surface area contributed by atoms with Crippen molar-refractivity contribution < 1.29 is 0 Å². The molecule has 1 fully saturated rings. The molecule has 1 aromatic heterocycles. The highest BCUT2D eigenvalue weighted by Crippen LogP contribution is 2.35. The van der Waals surface area contributed by atoms with Crippen LogP contribution in [0.3, 0.4) is 0 Å². The van der Waals surface area contributed by atoms with Crippen LogP contribution in [0.4, 0.5) is 0 Å². The van der Waals surface area contributed by atoms with Gasteiger partial charge in [-0.3, -0.25) is 5.10 Å². The third-order valence-corrected chi connectivity index (χ3v) is 4.50. The van der Waals surface area contributed by atoms with E-state index >= 15 is 0 Å². The lowest BCUT2D eigenvalue weighted by atomic mass is 9.88. The maximum Gasteiger partial charge on any atom is 0.0735 e. The number of benzene rings is 1. The van der Waals surface area contributed by atoms with Crippen molar-refractivity contribution in [3.63, 3.8) is 0 Å². The molecule has 2 heterocycles. The lowest BCUT2D eigenvalue weighted by Gasteiger charge is -2.22. The Labute approximate surface area is 120 Å². The van der Waals surface area contributed by atoms with Gasteiger partial charge in [-0.1, -0.05) is 18.2 Å². The highest BCUT2D eigenvalue weighted by Gasteiger charge is 2.23. The maximum absolute atomic E-state index is 4.62. The molecule has 0 spiro atoms. The van der Waals surface area contributed by atoms with Gasteiger partial charge in [-0.15, -0.1) is 0 Å². The van der Waals surface area contributed by atoms with Gasteiger partial charge in [-0.25, -0.2) is 0 Å². The fourth-order valence-corrected chi connectivity index (χ4v) is 3.10. The van der Waals surface area contributed by atoms with Crippen molar-refractivity contribution in [2.75, 3.05) is 13.1 Å². The summed E-state index contributed by atoms with van der Waals surface area (Å²) in [6.45, 7) is 8.67. The Kier molecular flexibility index (Phi) is 3.62. The first-order valence-corrected chi connectivity index (χ1v) is 7.50. The maximum atomic E-state index is 4.62. The fourth-order valence-electron chi connectivity index (χ4n) is 3.10. The van der Waals surface area contributed by atoms with E-state index < -0.39 is 0 Å². The van der Waals surface area contributed by atoms with Crippen molar-refractivity contribution in [1.29, 1.82) is 0 Å². The lowest BCUT2D eigenvalue weighted by molar-refractivity contribution is 0.453. The van der Waals surface area contributed by atoms with Crippen LogP contribution in [0.25, 0.3) is 11.1 Å². The molecule has 1 saturated heterocycles. The van der Waals surface area contributed by atoms with E-state index in [9.17, 15) is 0 Å². The minimum absolute atomic E-state index is 0.581. The Bertz CT molecular complexity index is 607. The van der Waals surface area contributed by atoms with E-state index in [2.05, 4.69) is 54.5 Å². The van der Waals surface area contributed by atoms with Gasteiger partial charge in [0, 0.05) is 17.2 Å². The SMILES string of the molecule is Cc1ccc(-c2c(C3CCNCC3)n[nH]c2C)cc1C. The van der Waals surface area contributed by atoms with Crippen LogP contribution < -0.4 is 5.32 Å². The fraction of sp³-hybridized carbons (Fsp3) is 0.471. The molecule has 0 saturated carbocycles. The van der Waals surface area contributed by atoms with Gasteiger partial charge >= 0.3 is 0 Å². The summed E-state index contributed by atoms with van der Waals surface area (Å²) in [5, 5.41) is 11.2. The molecule has 106 valence electrons. The smallest absolute Gasteiger partial charge is 0.0735 e. The van der Waals surface area contributed by atoms with E-state index in [1.165, 1.54) is 46.5 Å². The van der Waals surface area contributed by atoms with E-state index in [-0.39, 0.29) is 0 Å². The quantitative estimate of drug-likeness (QED) is 0.876. The summed E-state index contributed by atoms with van der Waals surface area (Å²) < 4.78 is 0. The molecule has 1 aliphatic rings. The van der Waals surface area contributed by atoms with E-state index in [4.69, 9.17) is 0 Å². The molecule has 3 heteroatoms. The predicted molar refractivity (Wildman–Crippen MR) is 83.1 cm³/mol. The van der Waals surface area contributed by atoms with Gasteiger partial charge in [0.1, 0.15) is 0 Å². The molecule has 1 aromatic carbocycles. The van der Waals surface area contributed by atoms with Crippen LogP contribution >= 0.6 is 0 Å². The first-order chi connectivity index (χ1) is 9.66. The summed E-state index contributed by atoms with van der Waals surface area (Å²) in [5.41, 5.74) is 7.75. The van der Waals surface area contributed by atoms with Crippen LogP contribution in [0.1, 0.15) is 41.3 Å². The number of aromatic amines is 1. The largest absolute Gasteiger partial charge is 0.317 e. The van der Waals surface area contributed by atoms with Crippen molar-refractivity contribution in [3.05, 3.63) is 40.7 Å². The molecule has 0 unspecified atom stereocenters. The highest BCUT2D eigenvalue weighted by molar-refractivity contribution is 5.70. The summed E-state index contributed by atoms with van der Waals surface area (Å²) in [6, 6.07) is 6.73. The Morgan fingerprint density at radius 2 is 1.80 bits per heavy atom. The van der Waals surface area contributed by atoms with Gasteiger partial charge in [0.15, 0.2) is 0 Å². The van der Waals surface area contributed by atoms with Crippen molar-refractivity contribution in [3.8, 4) is 11.1 Å². The second kappa shape index (κ2) is 5.41. The van der Waals surface area contributed by atoms with Gasteiger partial charge in [0.2, 0.25) is 0 Å². The first kappa shape index (κ1) is 13.4. The molecule has 1 aliphatic heterocycles. The minimum atomic E-state index is 0.581. The Balaban J connectivity index is 2.03. The molecule has 0 aliphatic carbocycles. The van der Waals surface area contributed by atoms with Crippen molar-refractivity contribution in [1.82, 2.24) is 15.5 Å². The zero-order valence-corrected chi connectivity index (χ0v) is 12.6. The number of hydrogen-bond donors (Lipinski definition) is 2. The molecule has 3 rings (SSSR count). The van der Waals surface area contributed by atoms with E-state index in [0.717, 1.165) is 13.1 Å². The Morgan fingerprint density at radius 1 is 1.05 bits per heavy atom. The van der Waals surface area contributed by atoms with Crippen LogP contribution in [0.2, 0.25) is 0 Å². The lowest BCUT2D eigenvalue weighted by Crippen LogP contribution is -2.27. The van der Waals surface area contributed by atoms with E-state index in [0.29, 0.717) is 5.92 Å². The van der Waals surface area contributed by atoms with Gasteiger partial charge in [0.25, 0.3) is 0 Å². The molecule has 0 bridgehead atoms. The van der Waals surface area contributed by atoms with Gasteiger partial charge in [-0.2, -0.15) is 5.10 Å². The van der Waals surface area contributed by atoms with Crippen molar-refractivity contribution >= 4 is 0 Å². The van der Waals surface area contributed by atoms with Gasteiger partial charge in [-0.05, 0) is 63.4 Å². The molecule has 0 radical (unpaired) electrons. The predicted octanol–water partition coefficient (Wildman–Crippen LogP) is 3.47. The number of piperidine rings is 1. The average molecular weight is 269 g/mol. The Hall–Kier alpha value is -1.61. The minimum Gasteiger partial charge on any atom is -0.317 e. The van der Waals surface area contributed by atoms with Gasteiger partial charge in [0.05, 0.1) is 5.69 Å². The standard InChI is InChI=1S/C17H23N3/c1-11-4-5-15(10-12(11)2)16-13(3)19-20-17(16)14-6-8-18-9-7-14/h4-5,10,14,18H,6-9H2,1-3H3,(H,19,20). The monoisotopic (exact) mass is 269 g/mol.